The molecule has 0 saturated heterocycles. The van der Waals surface area contributed by atoms with E-state index < -0.39 is 0 Å². The van der Waals surface area contributed by atoms with E-state index in [9.17, 15) is 0 Å². The molecule has 0 aromatic heterocycles. The normalized spacial score (nSPS) is 10.6. The number of halogens is 2. The van der Waals surface area contributed by atoms with Crippen molar-refractivity contribution in [3.63, 3.8) is 0 Å². The Morgan fingerprint density at radius 2 is 1.85 bits per heavy atom. The van der Waals surface area contributed by atoms with Crippen molar-refractivity contribution in [1.29, 1.82) is 0 Å². The van der Waals surface area contributed by atoms with E-state index in [4.69, 9.17) is 11.6 Å². The minimum Gasteiger partial charge on any atom is -0.121 e. The minimum atomic E-state index is 0.544. The van der Waals surface area contributed by atoms with Crippen molar-refractivity contribution in [2.24, 2.45) is 0 Å². The van der Waals surface area contributed by atoms with E-state index in [1.807, 2.05) is 18.2 Å². The first kappa shape index (κ1) is 9.04. The van der Waals surface area contributed by atoms with Crippen molar-refractivity contribution in [3.05, 3.63) is 46.4 Å². The topological polar surface area (TPSA) is 0 Å². The Morgan fingerprint density at radius 3 is 2.62 bits per heavy atom. The maximum atomic E-state index is 5.88. The zero-order valence-corrected chi connectivity index (χ0v) is 9.27. The fourth-order valence-electron chi connectivity index (χ4n) is 1.45. The van der Waals surface area contributed by atoms with Crippen LogP contribution in [0.25, 0.3) is 10.8 Å². The zero-order chi connectivity index (χ0) is 9.26. The molecule has 0 heterocycles. The minimum absolute atomic E-state index is 0.544. The van der Waals surface area contributed by atoms with Crippen molar-refractivity contribution < 1.29 is 0 Å². The van der Waals surface area contributed by atoms with Crippen LogP contribution in [0.3, 0.4) is 0 Å². The first-order valence-corrected chi connectivity index (χ1v) is 5.38. The highest BCUT2D eigenvalue weighted by atomic mass is 79.9. The third kappa shape index (κ3) is 1.59. The molecule has 0 aliphatic rings. The second-order valence-electron chi connectivity index (χ2n) is 2.88. The van der Waals surface area contributed by atoms with Gasteiger partial charge in [0.2, 0.25) is 0 Å². The summed E-state index contributed by atoms with van der Waals surface area (Å²) in [5.74, 6) is 0.544. The Balaban J connectivity index is 2.84. The van der Waals surface area contributed by atoms with E-state index in [0.717, 1.165) is 4.47 Å². The van der Waals surface area contributed by atoms with Crippen LogP contribution in [0.1, 0.15) is 5.56 Å². The van der Waals surface area contributed by atoms with Gasteiger partial charge in [-0.05, 0) is 22.4 Å². The van der Waals surface area contributed by atoms with Crippen LogP contribution < -0.4 is 0 Å². The number of hydrogen-bond donors (Lipinski definition) is 0. The van der Waals surface area contributed by atoms with Gasteiger partial charge in [0.1, 0.15) is 0 Å². The molecule has 2 aromatic rings. The average molecular weight is 256 g/mol. The number of benzene rings is 2. The molecule has 0 saturated carbocycles. The first-order valence-electron chi connectivity index (χ1n) is 4.05. The average Bonchev–Trinajstić information content (AvgIpc) is 2.18. The van der Waals surface area contributed by atoms with Crippen LogP contribution in [0.2, 0.25) is 0 Å². The van der Waals surface area contributed by atoms with Crippen molar-refractivity contribution in [2.45, 2.75) is 5.88 Å². The number of fused-ring (bicyclic) bond motifs is 1. The molecule has 0 spiro atoms. The fourth-order valence-corrected chi connectivity index (χ4v) is 2.38. The molecule has 0 fully saturated rings. The van der Waals surface area contributed by atoms with Gasteiger partial charge in [-0.1, -0.05) is 46.3 Å². The standard InChI is InChI=1S/C11H8BrCl/c12-11-6-5-8-3-1-2-4-9(8)10(11)7-13/h1-6H,7H2. The van der Waals surface area contributed by atoms with E-state index in [2.05, 4.69) is 34.1 Å². The molecule has 0 nitrogen and oxygen atoms in total. The van der Waals surface area contributed by atoms with Crippen LogP contribution in [0.5, 0.6) is 0 Å². The Labute approximate surface area is 90.6 Å². The molecule has 2 aromatic carbocycles. The summed E-state index contributed by atoms with van der Waals surface area (Å²) in [4.78, 5) is 0. The molecule has 66 valence electrons. The van der Waals surface area contributed by atoms with Crippen molar-refractivity contribution in [2.75, 3.05) is 0 Å². The fraction of sp³-hybridized carbons (Fsp3) is 0.0909. The Hall–Kier alpha value is -0.530. The van der Waals surface area contributed by atoms with Crippen LogP contribution in [0, 0.1) is 0 Å². The first-order chi connectivity index (χ1) is 6.33. The molecule has 0 unspecified atom stereocenters. The SMILES string of the molecule is ClCc1c(Br)ccc2ccccc12. The van der Waals surface area contributed by atoms with Crippen LogP contribution in [-0.2, 0) is 5.88 Å². The number of hydrogen-bond acceptors (Lipinski definition) is 0. The summed E-state index contributed by atoms with van der Waals surface area (Å²) in [6, 6.07) is 12.4. The van der Waals surface area contributed by atoms with E-state index in [-0.39, 0.29) is 0 Å². The second kappa shape index (κ2) is 3.69. The molecular formula is C11H8BrCl. The van der Waals surface area contributed by atoms with Crippen LogP contribution in [0.4, 0.5) is 0 Å². The summed E-state index contributed by atoms with van der Waals surface area (Å²) in [5, 5.41) is 2.47. The van der Waals surface area contributed by atoms with Gasteiger partial charge in [0, 0.05) is 10.4 Å². The van der Waals surface area contributed by atoms with E-state index in [0.29, 0.717) is 5.88 Å². The van der Waals surface area contributed by atoms with Crippen LogP contribution >= 0.6 is 27.5 Å². The Bertz CT molecular complexity index is 437. The number of alkyl halides is 1. The predicted octanol–water partition coefficient (Wildman–Crippen LogP) is 4.34. The lowest BCUT2D eigenvalue weighted by atomic mass is 10.1. The Kier molecular flexibility index (Phi) is 2.56. The number of rotatable bonds is 1. The van der Waals surface area contributed by atoms with Gasteiger partial charge < -0.3 is 0 Å². The van der Waals surface area contributed by atoms with E-state index in [1.165, 1.54) is 16.3 Å². The summed E-state index contributed by atoms with van der Waals surface area (Å²) in [6.45, 7) is 0. The monoisotopic (exact) mass is 254 g/mol. The van der Waals surface area contributed by atoms with E-state index >= 15 is 0 Å². The quantitative estimate of drug-likeness (QED) is 0.665. The van der Waals surface area contributed by atoms with Gasteiger partial charge in [0.15, 0.2) is 0 Å². The zero-order valence-electron chi connectivity index (χ0n) is 6.93. The van der Waals surface area contributed by atoms with Gasteiger partial charge in [0.05, 0.1) is 0 Å². The summed E-state index contributed by atoms with van der Waals surface area (Å²) in [7, 11) is 0. The maximum absolute atomic E-state index is 5.88. The molecule has 0 bridgehead atoms. The second-order valence-corrected chi connectivity index (χ2v) is 4.00. The molecule has 13 heavy (non-hydrogen) atoms. The lowest BCUT2D eigenvalue weighted by Crippen LogP contribution is -1.83. The predicted molar refractivity (Wildman–Crippen MR) is 61.2 cm³/mol. The van der Waals surface area contributed by atoms with Crippen molar-refractivity contribution in [1.82, 2.24) is 0 Å². The molecule has 2 rings (SSSR count). The van der Waals surface area contributed by atoms with Crippen molar-refractivity contribution >= 4 is 38.3 Å². The van der Waals surface area contributed by atoms with Gasteiger partial charge in [0.25, 0.3) is 0 Å². The summed E-state index contributed by atoms with van der Waals surface area (Å²) >= 11 is 9.37. The molecular weight excluding hydrogens is 247 g/mol. The molecule has 0 aliphatic heterocycles. The largest absolute Gasteiger partial charge is 0.121 e. The highest BCUT2D eigenvalue weighted by Gasteiger charge is 2.02. The smallest absolute Gasteiger partial charge is 0.0491 e. The lowest BCUT2D eigenvalue weighted by molar-refractivity contribution is 1.42. The van der Waals surface area contributed by atoms with Crippen LogP contribution in [-0.4, -0.2) is 0 Å². The highest BCUT2D eigenvalue weighted by molar-refractivity contribution is 9.10. The van der Waals surface area contributed by atoms with Gasteiger partial charge in [-0.15, -0.1) is 11.6 Å². The molecule has 0 N–H and O–H groups in total. The third-order valence-corrected chi connectivity index (χ3v) is 3.13. The maximum Gasteiger partial charge on any atom is 0.0491 e. The molecule has 0 radical (unpaired) electrons. The molecule has 0 aliphatic carbocycles. The Morgan fingerprint density at radius 1 is 1.08 bits per heavy atom. The van der Waals surface area contributed by atoms with E-state index in [1.54, 1.807) is 0 Å². The van der Waals surface area contributed by atoms with Gasteiger partial charge in [-0.2, -0.15) is 0 Å². The van der Waals surface area contributed by atoms with Crippen LogP contribution in [0.15, 0.2) is 40.9 Å². The highest BCUT2D eigenvalue weighted by Crippen LogP contribution is 2.27. The van der Waals surface area contributed by atoms with Gasteiger partial charge in [-0.3, -0.25) is 0 Å². The van der Waals surface area contributed by atoms with Gasteiger partial charge in [-0.25, -0.2) is 0 Å². The summed E-state index contributed by atoms with van der Waals surface area (Å²) in [6.07, 6.45) is 0. The molecule has 0 atom stereocenters. The third-order valence-electron chi connectivity index (χ3n) is 2.12. The lowest BCUT2D eigenvalue weighted by Gasteiger charge is -2.05. The molecule has 2 heteroatoms. The summed E-state index contributed by atoms with van der Waals surface area (Å²) < 4.78 is 1.08. The van der Waals surface area contributed by atoms with Crippen molar-refractivity contribution in [3.8, 4) is 0 Å². The van der Waals surface area contributed by atoms with Gasteiger partial charge >= 0.3 is 0 Å². The molecule has 0 amide bonds. The summed E-state index contributed by atoms with van der Waals surface area (Å²) in [5.41, 5.74) is 1.17.